The molecule has 3 N–H and O–H groups in total. The van der Waals surface area contributed by atoms with E-state index in [1.807, 2.05) is 0 Å². The summed E-state index contributed by atoms with van der Waals surface area (Å²) in [5.41, 5.74) is 8.46. The Balaban J connectivity index is 1.64. The van der Waals surface area contributed by atoms with Gasteiger partial charge >= 0.3 is 0 Å². The summed E-state index contributed by atoms with van der Waals surface area (Å²) in [6.07, 6.45) is 0. The standard InChI is InChI=1S/C28H17ClF3N3O3/c1-13-19(28-35-21-9-6-17(29)12-23(21)38-28)10-16(14-2-4-15(5-3-14)26(33)36)11-22(13)34-27(37)18-7-8-20(30)25(32)24(18)31/h2-12H,1H3,(H2,33,36)(H,34,37). The van der Waals surface area contributed by atoms with E-state index in [1.165, 1.54) is 0 Å². The van der Waals surface area contributed by atoms with Gasteiger partial charge in [0, 0.05) is 27.9 Å². The third kappa shape index (κ3) is 4.59. The monoisotopic (exact) mass is 535 g/mol. The lowest BCUT2D eigenvalue weighted by Gasteiger charge is -2.15. The Labute approximate surface area is 218 Å². The molecule has 38 heavy (non-hydrogen) atoms. The van der Waals surface area contributed by atoms with Gasteiger partial charge in [0.1, 0.15) is 5.52 Å². The van der Waals surface area contributed by atoms with Gasteiger partial charge in [-0.05, 0) is 72.1 Å². The molecule has 0 aliphatic heterocycles. The molecule has 0 aliphatic carbocycles. The SMILES string of the molecule is Cc1c(NC(=O)c2ccc(F)c(F)c2F)cc(-c2ccc(C(N)=O)cc2)cc1-c1nc2ccc(Cl)cc2o1. The van der Waals surface area contributed by atoms with Gasteiger partial charge in [-0.3, -0.25) is 9.59 Å². The number of rotatable bonds is 5. The fourth-order valence-electron chi connectivity index (χ4n) is 3.96. The quantitative estimate of drug-likeness (QED) is 0.239. The highest BCUT2D eigenvalue weighted by atomic mass is 35.5. The molecule has 5 rings (SSSR count). The number of halogens is 4. The molecule has 6 nitrogen and oxygen atoms in total. The fraction of sp³-hybridized carbons (Fsp3) is 0.0357. The molecule has 190 valence electrons. The van der Waals surface area contributed by atoms with Crippen LogP contribution < -0.4 is 11.1 Å². The number of fused-ring (bicyclic) bond motifs is 1. The number of anilines is 1. The molecule has 0 aliphatic rings. The number of benzene rings is 4. The van der Waals surface area contributed by atoms with Crippen molar-refractivity contribution in [2.24, 2.45) is 5.73 Å². The van der Waals surface area contributed by atoms with Gasteiger partial charge in [-0.2, -0.15) is 0 Å². The molecule has 0 saturated heterocycles. The molecule has 4 aromatic carbocycles. The van der Waals surface area contributed by atoms with Crippen molar-refractivity contribution >= 4 is 40.2 Å². The molecule has 5 aromatic rings. The van der Waals surface area contributed by atoms with Crippen LogP contribution in [0.1, 0.15) is 26.3 Å². The van der Waals surface area contributed by atoms with Crippen molar-refractivity contribution in [1.82, 2.24) is 4.98 Å². The fourth-order valence-corrected chi connectivity index (χ4v) is 4.13. The van der Waals surface area contributed by atoms with Crippen molar-refractivity contribution < 1.29 is 27.2 Å². The lowest BCUT2D eigenvalue weighted by atomic mass is 9.96. The highest BCUT2D eigenvalue weighted by Gasteiger charge is 2.22. The Morgan fingerprint density at radius 1 is 0.921 bits per heavy atom. The number of carbonyl (C=O) groups excluding carboxylic acids is 2. The van der Waals surface area contributed by atoms with Crippen LogP contribution in [0.15, 0.2) is 71.1 Å². The Morgan fingerprint density at radius 2 is 1.66 bits per heavy atom. The van der Waals surface area contributed by atoms with Crippen LogP contribution in [-0.2, 0) is 0 Å². The van der Waals surface area contributed by atoms with Crippen molar-refractivity contribution in [2.75, 3.05) is 5.32 Å². The van der Waals surface area contributed by atoms with Crippen LogP contribution in [0.25, 0.3) is 33.7 Å². The summed E-state index contributed by atoms with van der Waals surface area (Å²) in [6.45, 7) is 1.69. The maximum Gasteiger partial charge on any atom is 0.258 e. The molecule has 0 spiro atoms. The minimum absolute atomic E-state index is 0.227. The predicted octanol–water partition coefficient (Wildman–Crippen LogP) is 6.89. The van der Waals surface area contributed by atoms with Gasteiger partial charge in [0.15, 0.2) is 23.0 Å². The van der Waals surface area contributed by atoms with Crippen molar-refractivity contribution in [3.05, 3.63) is 106 Å². The Bertz CT molecular complexity index is 1750. The molecule has 2 amide bonds. The average molecular weight is 536 g/mol. The van der Waals surface area contributed by atoms with Crippen LogP contribution in [0, 0.1) is 24.4 Å². The van der Waals surface area contributed by atoms with Crippen LogP contribution in [0.3, 0.4) is 0 Å². The van der Waals surface area contributed by atoms with Crippen LogP contribution in [0.5, 0.6) is 0 Å². The largest absolute Gasteiger partial charge is 0.436 e. The smallest absolute Gasteiger partial charge is 0.258 e. The highest BCUT2D eigenvalue weighted by molar-refractivity contribution is 6.31. The molecular formula is C28H17ClF3N3O3. The summed E-state index contributed by atoms with van der Waals surface area (Å²) >= 11 is 6.07. The number of hydrogen-bond acceptors (Lipinski definition) is 4. The predicted molar refractivity (Wildman–Crippen MR) is 137 cm³/mol. The summed E-state index contributed by atoms with van der Waals surface area (Å²) < 4.78 is 47.4. The summed E-state index contributed by atoms with van der Waals surface area (Å²) in [5.74, 6) is -6.11. The van der Waals surface area contributed by atoms with Gasteiger partial charge in [-0.25, -0.2) is 18.2 Å². The van der Waals surface area contributed by atoms with E-state index in [4.69, 9.17) is 21.8 Å². The molecular weight excluding hydrogens is 519 g/mol. The minimum atomic E-state index is -1.75. The molecule has 0 saturated carbocycles. The Kier molecular flexibility index (Phi) is 6.38. The number of primary amides is 1. The number of nitrogens with zero attached hydrogens (tertiary/aromatic N) is 1. The van der Waals surface area contributed by atoms with Crippen LogP contribution in [-0.4, -0.2) is 16.8 Å². The van der Waals surface area contributed by atoms with Gasteiger partial charge in [0.2, 0.25) is 11.8 Å². The van der Waals surface area contributed by atoms with Gasteiger partial charge < -0.3 is 15.5 Å². The van der Waals surface area contributed by atoms with Gasteiger partial charge in [-0.1, -0.05) is 23.7 Å². The van der Waals surface area contributed by atoms with E-state index in [-0.39, 0.29) is 11.6 Å². The average Bonchev–Trinajstić information content (AvgIpc) is 3.31. The molecule has 10 heteroatoms. The van der Waals surface area contributed by atoms with Gasteiger partial charge in [0.25, 0.3) is 5.91 Å². The van der Waals surface area contributed by atoms with E-state index in [0.29, 0.717) is 50.0 Å². The van der Waals surface area contributed by atoms with E-state index in [0.717, 1.165) is 6.07 Å². The zero-order valence-corrected chi connectivity index (χ0v) is 20.4. The highest BCUT2D eigenvalue weighted by Crippen LogP contribution is 2.36. The maximum absolute atomic E-state index is 14.3. The lowest BCUT2D eigenvalue weighted by Crippen LogP contribution is -2.16. The second-order valence-electron chi connectivity index (χ2n) is 8.45. The minimum Gasteiger partial charge on any atom is -0.436 e. The van der Waals surface area contributed by atoms with Crippen molar-refractivity contribution in [1.29, 1.82) is 0 Å². The zero-order valence-electron chi connectivity index (χ0n) is 19.6. The summed E-state index contributed by atoms with van der Waals surface area (Å²) in [5, 5.41) is 3.03. The van der Waals surface area contributed by atoms with E-state index < -0.39 is 34.8 Å². The molecule has 0 unspecified atom stereocenters. The number of nitrogens with two attached hydrogens (primary N) is 1. The van der Waals surface area contributed by atoms with Crippen LogP contribution in [0.2, 0.25) is 5.02 Å². The number of nitrogens with one attached hydrogen (secondary N) is 1. The third-order valence-corrected chi connectivity index (χ3v) is 6.25. The lowest BCUT2D eigenvalue weighted by molar-refractivity contribution is 0.0997. The Morgan fingerprint density at radius 3 is 2.37 bits per heavy atom. The number of oxazole rings is 1. The maximum atomic E-state index is 14.3. The molecule has 1 aromatic heterocycles. The molecule has 0 atom stereocenters. The normalized spacial score (nSPS) is 11.1. The van der Waals surface area contributed by atoms with Crippen molar-refractivity contribution in [3.63, 3.8) is 0 Å². The third-order valence-electron chi connectivity index (χ3n) is 6.02. The second kappa shape index (κ2) is 9.68. The van der Waals surface area contributed by atoms with Crippen molar-refractivity contribution in [3.8, 4) is 22.6 Å². The zero-order chi connectivity index (χ0) is 27.1. The number of hydrogen-bond donors (Lipinski definition) is 2. The number of carbonyl (C=O) groups is 2. The van der Waals surface area contributed by atoms with Gasteiger partial charge in [0.05, 0.1) is 5.56 Å². The first kappa shape index (κ1) is 25.0. The van der Waals surface area contributed by atoms with Crippen molar-refractivity contribution in [2.45, 2.75) is 6.92 Å². The number of amides is 2. The first-order valence-electron chi connectivity index (χ1n) is 11.2. The Hall–Kier alpha value is -4.63. The van der Waals surface area contributed by atoms with E-state index >= 15 is 0 Å². The topological polar surface area (TPSA) is 98.2 Å². The number of aromatic nitrogens is 1. The summed E-state index contributed by atoms with van der Waals surface area (Å²) in [6, 6.07) is 16.3. The van der Waals surface area contributed by atoms with Crippen LogP contribution >= 0.6 is 11.6 Å². The van der Waals surface area contributed by atoms with E-state index in [2.05, 4.69) is 10.3 Å². The van der Waals surface area contributed by atoms with Gasteiger partial charge in [-0.15, -0.1) is 0 Å². The van der Waals surface area contributed by atoms with E-state index in [9.17, 15) is 22.8 Å². The first-order chi connectivity index (χ1) is 18.1. The van der Waals surface area contributed by atoms with E-state index in [1.54, 1.807) is 61.5 Å². The molecule has 0 bridgehead atoms. The first-order valence-corrected chi connectivity index (χ1v) is 11.6. The molecule has 0 radical (unpaired) electrons. The summed E-state index contributed by atoms with van der Waals surface area (Å²) in [7, 11) is 0. The van der Waals surface area contributed by atoms with Crippen LogP contribution in [0.4, 0.5) is 18.9 Å². The second-order valence-corrected chi connectivity index (χ2v) is 8.88. The molecule has 0 fully saturated rings. The molecule has 1 heterocycles. The summed E-state index contributed by atoms with van der Waals surface area (Å²) in [4.78, 5) is 28.9.